The molecule has 2 fully saturated rings. The van der Waals surface area contributed by atoms with Gasteiger partial charge in [0.2, 0.25) is 0 Å². The molecule has 1 aliphatic heterocycles. The molecular formula is C32H62ClN3O3. The molecule has 0 aromatic rings. The van der Waals surface area contributed by atoms with Crippen molar-refractivity contribution in [3.05, 3.63) is 34.9 Å². The molecule has 7 heteroatoms. The van der Waals surface area contributed by atoms with Gasteiger partial charge in [-0.3, -0.25) is 0 Å². The predicted octanol–water partition coefficient (Wildman–Crippen LogP) is 5.05. The summed E-state index contributed by atoms with van der Waals surface area (Å²) in [5, 5.41) is 5.07. The zero-order valence-corrected chi connectivity index (χ0v) is 25.2. The lowest BCUT2D eigenvalue weighted by Crippen LogP contribution is -2.53. The van der Waals surface area contributed by atoms with Gasteiger partial charge in [-0.1, -0.05) is 83.0 Å². The molecule has 4 aliphatic rings. The summed E-state index contributed by atoms with van der Waals surface area (Å²) in [4.78, 5) is 2.75. The topological polar surface area (TPSA) is 136 Å². The van der Waals surface area contributed by atoms with Crippen molar-refractivity contribution in [2.24, 2.45) is 40.7 Å². The number of nitrogens with two attached hydrogens (primary N) is 1. The molecule has 1 heterocycles. The maximum absolute atomic E-state index is 6.30. The Hall–Kier alpha value is -0.730. The van der Waals surface area contributed by atoms with E-state index in [1.165, 1.54) is 64.5 Å². The third kappa shape index (κ3) is 10.6. The highest BCUT2D eigenvalue weighted by Crippen LogP contribution is 2.45. The van der Waals surface area contributed by atoms with Crippen molar-refractivity contribution in [2.45, 2.75) is 105 Å². The van der Waals surface area contributed by atoms with Crippen LogP contribution in [0.4, 0.5) is 0 Å². The third-order valence-electron chi connectivity index (χ3n) is 9.76. The van der Waals surface area contributed by atoms with E-state index in [0.717, 1.165) is 42.3 Å². The number of nitrogens with zero attached hydrogens (tertiary/aromatic N) is 1. The molecular weight excluding hydrogens is 510 g/mol. The lowest BCUT2D eigenvalue weighted by molar-refractivity contribution is 0.0120. The Morgan fingerprint density at radius 1 is 1.10 bits per heavy atom. The molecule has 0 radical (unpaired) electrons. The first-order chi connectivity index (χ1) is 16.7. The SMILES string of the molecule is C.CC(C)[C@H](CN1CC[C@H](C2CC=C(Cl)CC2)C(C)(C)C1)NCC1=CC=CC(C2CCCC(N)C2)C1.O.O.O. The summed E-state index contributed by atoms with van der Waals surface area (Å²) in [6.45, 7) is 14.4. The van der Waals surface area contributed by atoms with E-state index in [1.54, 1.807) is 5.57 Å². The van der Waals surface area contributed by atoms with Crippen molar-refractivity contribution < 1.29 is 16.4 Å². The average molecular weight is 572 g/mol. The molecule has 0 bridgehead atoms. The second-order valence-corrected chi connectivity index (χ2v) is 13.8. The van der Waals surface area contributed by atoms with Crippen LogP contribution in [0, 0.1) is 35.0 Å². The van der Waals surface area contributed by atoms with E-state index in [0.29, 0.717) is 29.3 Å². The first kappa shape index (κ1) is 38.3. The van der Waals surface area contributed by atoms with Crippen LogP contribution in [0.15, 0.2) is 34.9 Å². The molecule has 4 rings (SSSR count). The number of rotatable bonds is 8. The van der Waals surface area contributed by atoms with E-state index in [-0.39, 0.29) is 23.9 Å². The van der Waals surface area contributed by atoms with Gasteiger partial charge >= 0.3 is 0 Å². The minimum absolute atomic E-state index is 0. The fourth-order valence-electron chi connectivity index (χ4n) is 7.64. The molecule has 4 unspecified atom stereocenters. The van der Waals surface area contributed by atoms with Crippen LogP contribution in [-0.4, -0.2) is 59.6 Å². The molecule has 6 nitrogen and oxygen atoms in total. The van der Waals surface area contributed by atoms with E-state index in [9.17, 15) is 0 Å². The minimum atomic E-state index is 0. The molecule has 230 valence electrons. The monoisotopic (exact) mass is 571 g/mol. The average Bonchev–Trinajstić information content (AvgIpc) is 2.82. The Morgan fingerprint density at radius 2 is 1.85 bits per heavy atom. The summed E-state index contributed by atoms with van der Waals surface area (Å²) in [5.41, 5.74) is 8.24. The van der Waals surface area contributed by atoms with Crippen LogP contribution in [0.2, 0.25) is 0 Å². The largest absolute Gasteiger partial charge is 0.412 e. The van der Waals surface area contributed by atoms with Crippen LogP contribution in [0.1, 0.15) is 92.9 Å². The summed E-state index contributed by atoms with van der Waals surface area (Å²) in [7, 11) is 0. The Balaban J connectivity index is 0.00000361. The first-order valence-corrected chi connectivity index (χ1v) is 15.0. The Morgan fingerprint density at radius 3 is 2.46 bits per heavy atom. The van der Waals surface area contributed by atoms with Gasteiger partial charge in [0.1, 0.15) is 0 Å². The zero-order chi connectivity index (χ0) is 25.0. The van der Waals surface area contributed by atoms with E-state index in [4.69, 9.17) is 17.3 Å². The molecule has 0 spiro atoms. The van der Waals surface area contributed by atoms with Gasteiger partial charge in [-0.05, 0) is 92.9 Å². The van der Waals surface area contributed by atoms with E-state index >= 15 is 0 Å². The van der Waals surface area contributed by atoms with Crippen LogP contribution in [0.3, 0.4) is 0 Å². The summed E-state index contributed by atoms with van der Waals surface area (Å²) < 4.78 is 0. The molecule has 1 saturated heterocycles. The van der Waals surface area contributed by atoms with E-state index < -0.39 is 0 Å². The number of piperidine rings is 1. The van der Waals surface area contributed by atoms with Gasteiger partial charge in [-0.25, -0.2) is 0 Å². The van der Waals surface area contributed by atoms with Gasteiger partial charge in [-0.15, -0.1) is 0 Å². The lowest BCUT2D eigenvalue weighted by Gasteiger charge is -2.49. The van der Waals surface area contributed by atoms with Gasteiger partial charge in [0.05, 0.1) is 0 Å². The normalized spacial score (nSPS) is 31.4. The number of allylic oxidation sites excluding steroid dienone is 5. The van der Waals surface area contributed by atoms with Crippen LogP contribution in [0.25, 0.3) is 0 Å². The fourth-order valence-corrected chi connectivity index (χ4v) is 7.84. The molecule has 39 heavy (non-hydrogen) atoms. The standard InChI is InChI=1S/C31H52ClN3.CH4.3H2O/c1-22(2)30(34-19-23-7-5-8-25(17-23)26-9-6-10-28(33)18-26)20-35-16-15-29(31(3,4)21-35)24-11-13-27(32)14-12-24;;;;/h5,7-8,13,22,24-26,28-30,34H,6,9-12,14-21,33H2,1-4H3;1H4;3*1H2/t24?,25?,26?,28?,29-,30+;;;;/m1..../s1. The van der Waals surface area contributed by atoms with Crippen LogP contribution in [0.5, 0.6) is 0 Å². The first-order valence-electron chi connectivity index (χ1n) is 14.6. The van der Waals surface area contributed by atoms with E-state index in [2.05, 4.69) is 62.2 Å². The molecule has 3 aliphatic carbocycles. The van der Waals surface area contributed by atoms with Crippen LogP contribution < -0.4 is 11.1 Å². The number of hydrogen-bond acceptors (Lipinski definition) is 3. The zero-order valence-electron chi connectivity index (χ0n) is 24.4. The van der Waals surface area contributed by atoms with Crippen molar-refractivity contribution in [1.29, 1.82) is 0 Å². The third-order valence-corrected chi connectivity index (χ3v) is 10.1. The summed E-state index contributed by atoms with van der Waals surface area (Å²) >= 11 is 6.27. The van der Waals surface area contributed by atoms with Crippen molar-refractivity contribution in [3.63, 3.8) is 0 Å². The van der Waals surface area contributed by atoms with Gasteiger partial charge < -0.3 is 32.4 Å². The minimum Gasteiger partial charge on any atom is -0.412 e. The second kappa shape index (κ2) is 17.3. The quantitative estimate of drug-likeness (QED) is 0.421. The highest BCUT2D eigenvalue weighted by atomic mass is 35.5. The van der Waals surface area contributed by atoms with Crippen LogP contribution in [-0.2, 0) is 0 Å². The molecule has 0 aromatic carbocycles. The summed E-state index contributed by atoms with van der Waals surface area (Å²) in [6.07, 6.45) is 20.6. The molecule has 9 N–H and O–H groups in total. The second-order valence-electron chi connectivity index (χ2n) is 13.3. The number of hydrogen-bond donors (Lipinski definition) is 2. The van der Waals surface area contributed by atoms with Crippen LogP contribution >= 0.6 is 11.6 Å². The molecule has 1 saturated carbocycles. The Labute approximate surface area is 244 Å². The van der Waals surface area contributed by atoms with Crippen molar-refractivity contribution in [2.75, 3.05) is 26.2 Å². The van der Waals surface area contributed by atoms with Gasteiger partial charge in [0.15, 0.2) is 0 Å². The summed E-state index contributed by atoms with van der Waals surface area (Å²) in [5.74, 6) is 3.72. The number of halogens is 1. The highest BCUT2D eigenvalue weighted by Gasteiger charge is 2.40. The predicted molar refractivity (Wildman–Crippen MR) is 169 cm³/mol. The maximum Gasteiger partial charge on any atom is 0.0221 e. The highest BCUT2D eigenvalue weighted by molar-refractivity contribution is 6.29. The van der Waals surface area contributed by atoms with Gasteiger partial charge in [0.25, 0.3) is 0 Å². The number of likely N-dealkylation sites (tertiary alicyclic amines) is 1. The van der Waals surface area contributed by atoms with Crippen molar-refractivity contribution in [1.82, 2.24) is 10.2 Å². The van der Waals surface area contributed by atoms with Gasteiger partial charge in [-0.2, -0.15) is 0 Å². The van der Waals surface area contributed by atoms with Crippen molar-refractivity contribution in [3.8, 4) is 0 Å². The lowest BCUT2D eigenvalue weighted by atomic mass is 9.65. The Bertz CT molecular complexity index is 798. The molecule has 0 amide bonds. The summed E-state index contributed by atoms with van der Waals surface area (Å²) in [6, 6.07) is 0.952. The number of nitrogens with one attached hydrogen (secondary N) is 1. The molecule has 0 aromatic heterocycles. The Kier molecular flexibility index (Phi) is 17.0. The van der Waals surface area contributed by atoms with E-state index in [1.807, 2.05) is 0 Å². The van der Waals surface area contributed by atoms with Crippen molar-refractivity contribution >= 4 is 11.6 Å². The van der Waals surface area contributed by atoms with Gasteiger partial charge in [0, 0.05) is 36.8 Å². The smallest absolute Gasteiger partial charge is 0.0221 e. The molecule has 6 atom stereocenters. The fraction of sp³-hybridized carbons (Fsp3) is 0.812. The maximum atomic E-state index is 6.30.